The predicted octanol–water partition coefficient (Wildman–Crippen LogP) is 2.48. The van der Waals surface area contributed by atoms with Crippen LogP contribution in [-0.2, 0) is 9.59 Å². The normalized spacial score (nSPS) is 15.7. The second-order valence-corrected chi connectivity index (χ2v) is 5.33. The highest BCUT2D eigenvalue weighted by Gasteiger charge is 2.26. The number of hydrogen-bond donors (Lipinski definition) is 2. The van der Waals surface area contributed by atoms with Crippen molar-refractivity contribution in [3.8, 4) is 5.75 Å². The van der Waals surface area contributed by atoms with Gasteiger partial charge in [-0.05, 0) is 44.0 Å². The molecule has 2 N–H and O–H groups in total. The Morgan fingerprint density at radius 2 is 2.19 bits per heavy atom. The number of benzene rings is 1. The number of rotatable bonds is 6. The van der Waals surface area contributed by atoms with Gasteiger partial charge in [-0.2, -0.15) is 0 Å². The van der Waals surface area contributed by atoms with E-state index in [1.807, 2.05) is 0 Å². The number of hydrogen-bond acceptors (Lipinski definition) is 3. The summed E-state index contributed by atoms with van der Waals surface area (Å²) in [6.45, 7) is 1.65. The molecule has 1 atom stereocenters. The Kier molecular flexibility index (Phi) is 4.85. The summed E-state index contributed by atoms with van der Waals surface area (Å²) < 4.78 is 5.61. The largest absolute Gasteiger partial charge is 0.480 e. The third kappa shape index (κ3) is 4.79. The second-order valence-electron chi connectivity index (χ2n) is 4.90. The van der Waals surface area contributed by atoms with E-state index in [1.54, 1.807) is 25.1 Å². The predicted molar refractivity (Wildman–Crippen MR) is 79.4 cm³/mol. The standard InChI is InChI=1S/C15H16ClNO4/c1-9(15(20)17-12-4-5-12)21-13-6-3-11(16)8-10(13)2-7-14(18)19/h2-3,6-9,12H,4-5H2,1H3,(H,17,20)(H,18,19)/b7-2+. The minimum absolute atomic E-state index is 0.180. The zero-order chi connectivity index (χ0) is 15.4. The highest BCUT2D eigenvalue weighted by Crippen LogP contribution is 2.25. The number of aliphatic carboxylic acids is 1. The first-order chi connectivity index (χ1) is 9.95. The summed E-state index contributed by atoms with van der Waals surface area (Å²) in [4.78, 5) is 22.5. The number of carboxylic acids is 1. The van der Waals surface area contributed by atoms with Gasteiger partial charge in [0.15, 0.2) is 6.10 Å². The van der Waals surface area contributed by atoms with Crippen LogP contribution in [0, 0.1) is 0 Å². The van der Waals surface area contributed by atoms with Gasteiger partial charge in [-0.1, -0.05) is 11.6 Å². The van der Waals surface area contributed by atoms with E-state index >= 15 is 0 Å². The second kappa shape index (κ2) is 6.63. The quantitative estimate of drug-likeness (QED) is 0.792. The van der Waals surface area contributed by atoms with Crippen LogP contribution < -0.4 is 10.1 Å². The van der Waals surface area contributed by atoms with Gasteiger partial charge in [-0.3, -0.25) is 4.79 Å². The maximum atomic E-state index is 11.9. The Balaban J connectivity index is 2.10. The third-order valence-electron chi connectivity index (χ3n) is 2.97. The lowest BCUT2D eigenvalue weighted by atomic mass is 10.2. The maximum Gasteiger partial charge on any atom is 0.328 e. The van der Waals surface area contributed by atoms with Crippen LogP contribution in [0.2, 0.25) is 5.02 Å². The lowest BCUT2D eigenvalue weighted by molar-refractivity contribution is -0.131. The van der Waals surface area contributed by atoms with Gasteiger partial charge < -0.3 is 15.2 Å². The smallest absolute Gasteiger partial charge is 0.328 e. The number of ether oxygens (including phenoxy) is 1. The van der Waals surface area contributed by atoms with Crippen molar-refractivity contribution in [1.29, 1.82) is 0 Å². The Bertz CT molecular complexity index is 581. The molecule has 0 spiro atoms. The van der Waals surface area contributed by atoms with Crippen molar-refractivity contribution < 1.29 is 19.4 Å². The number of carbonyl (C=O) groups is 2. The van der Waals surface area contributed by atoms with Gasteiger partial charge >= 0.3 is 5.97 Å². The fraction of sp³-hybridized carbons (Fsp3) is 0.333. The molecule has 0 aliphatic heterocycles. The van der Waals surface area contributed by atoms with E-state index in [9.17, 15) is 9.59 Å². The van der Waals surface area contributed by atoms with Crippen LogP contribution in [0.1, 0.15) is 25.3 Å². The Labute approximate surface area is 127 Å². The highest BCUT2D eigenvalue weighted by atomic mass is 35.5. The van der Waals surface area contributed by atoms with Crippen molar-refractivity contribution in [3.63, 3.8) is 0 Å². The summed E-state index contributed by atoms with van der Waals surface area (Å²) >= 11 is 5.89. The minimum Gasteiger partial charge on any atom is -0.480 e. The summed E-state index contributed by atoms with van der Waals surface area (Å²) in [6, 6.07) is 5.09. The topological polar surface area (TPSA) is 75.6 Å². The number of halogens is 1. The van der Waals surface area contributed by atoms with Gasteiger partial charge in [0.1, 0.15) is 5.75 Å². The molecule has 6 heteroatoms. The lowest BCUT2D eigenvalue weighted by Gasteiger charge is -2.16. The van der Waals surface area contributed by atoms with E-state index in [1.165, 1.54) is 6.08 Å². The van der Waals surface area contributed by atoms with E-state index in [-0.39, 0.29) is 11.9 Å². The number of carboxylic acid groups (broad SMARTS) is 1. The summed E-state index contributed by atoms with van der Waals surface area (Å²) in [5.74, 6) is -0.837. The van der Waals surface area contributed by atoms with Crippen LogP contribution in [0.25, 0.3) is 6.08 Å². The van der Waals surface area contributed by atoms with Gasteiger partial charge in [0.05, 0.1) is 0 Å². The van der Waals surface area contributed by atoms with Crippen LogP contribution in [0.4, 0.5) is 0 Å². The molecular formula is C15H16ClNO4. The van der Waals surface area contributed by atoms with Gasteiger partial charge in [0.25, 0.3) is 5.91 Å². The molecule has 21 heavy (non-hydrogen) atoms. The molecule has 112 valence electrons. The van der Waals surface area contributed by atoms with E-state index < -0.39 is 12.1 Å². The number of carbonyl (C=O) groups excluding carboxylic acids is 1. The van der Waals surface area contributed by atoms with Crippen molar-refractivity contribution in [2.45, 2.75) is 31.9 Å². The van der Waals surface area contributed by atoms with Crippen LogP contribution >= 0.6 is 11.6 Å². The summed E-state index contributed by atoms with van der Waals surface area (Å²) in [5.41, 5.74) is 0.510. The molecule has 1 saturated carbocycles. The molecule has 1 aromatic carbocycles. The first kappa shape index (κ1) is 15.4. The van der Waals surface area contributed by atoms with Crippen molar-refractivity contribution in [1.82, 2.24) is 5.32 Å². The van der Waals surface area contributed by atoms with Crippen molar-refractivity contribution >= 4 is 29.6 Å². The third-order valence-corrected chi connectivity index (χ3v) is 3.21. The van der Waals surface area contributed by atoms with E-state index in [0.29, 0.717) is 16.3 Å². The average molecular weight is 310 g/mol. The summed E-state index contributed by atoms with van der Waals surface area (Å²) in [6.07, 6.45) is 3.73. The number of nitrogens with one attached hydrogen (secondary N) is 1. The van der Waals surface area contributed by atoms with Gasteiger partial charge in [-0.15, -0.1) is 0 Å². The Hall–Kier alpha value is -2.01. The van der Waals surface area contributed by atoms with Crippen molar-refractivity contribution in [2.75, 3.05) is 0 Å². The molecule has 0 saturated heterocycles. The van der Waals surface area contributed by atoms with Crippen molar-refractivity contribution in [2.24, 2.45) is 0 Å². The first-order valence-electron chi connectivity index (χ1n) is 6.63. The Morgan fingerprint density at radius 1 is 1.48 bits per heavy atom. The van der Waals surface area contributed by atoms with E-state index in [4.69, 9.17) is 21.4 Å². The van der Waals surface area contributed by atoms with Gasteiger partial charge in [0, 0.05) is 22.7 Å². The summed E-state index contributed by atoms with van der Waals surface area (Å²) in [7, 11) is 0. The van der Waals surface area contributed by atoms with Crippen molar-refractivity contribution in [3.05, 3.63) is 34.9 Å². The fourth-order valence-corrected chi connectivity index (χ4v) is 1.89. The Morgan fingerprint density at radius 3 is 2.81 bits per heavy atom. The summed E-state index contributed by atoms with van der Waals surface area (Å²) in [5, 5.41) is 12.0. The SMILES string of the molecule is CC(Oc1ccc(Cl)cc1/C=C/C(=O)O)C(=O)NC1CC1. The molecule has 1 aliphatic carbocycles. The zero-order valence-corrected chi connectivity index (χ0v) is 12.3. The first-order valence-corrected chi connectivity index (χ1v) is 7.01. The zero-order valence-electron chi connectivity index (χ0n) is 11.5. The van der Waals surface area contributed by atoms with Crippen LogP contribution in [0.15, 0.2) is 24.3 Å². The van der Waals surface area contributed by atoms with E-state index in [2.05, 4.69) is 5.32 Å². The molecular weight excluding hydrogens is 294 g/mol. The average Bonchev–Trinajstić information content (AvgIpc) is 3.22. The molecule has 1 aliphatic rings. The van der Waals surface area contributed by atoms with Gasteiger partial charge in [-0.25, -0.2) is 4.79 Å². The minimum atomic E-state index is -1.07. The molecule has 1 aromatic rings. The van der Waals surface area contributed by atoms with Crippen LogP contribution in [-0.4, -0.2) is 29.1 Å². The van der Waals surface area contributed by atoms with E-state index in [0.717, 1.165) is 18.9 Å². The molecule has 0 heterocycles. The molecule has 1 unspecified atom stereocenters. The molecule has 1 amide bonds. The molecule has 5 nitrogen and oxygen atoms in total. The molecule has 1 fully saturated rings. The fourth-order valence-electron chi connectivity index (χ4n) is 1.71. The molecule has 0 aromatic heterocycles. The van der Waals surface area contributed by atoms with Crippen LogP contribution in [0.5, 0.6) is 5.75 Å². The molecule has 0 bridgehead atoms. The lowest BCUT2D eigenvalue weighted by Crippen LogP contribution is -2.37. The number of amides is 1. The monoisotopic (exact) mass is 309 g/mol. The molecule has 2 rings (SSSR count). The molecule has 0 radical (unpaired) electrons. The van der Waals surface area contributed by atoms with Crippen LogP contribution in [0.3, 0.4) is 0 Å². The maximum absolute atomic E-state index is 11.9. The van der Waals surface area contributed by atoms with Gasteiger partial charge in [0.2, 0.25) is 0 Å². The highest BCUT2D eigenvalue weighted by molar-refractivity contribution is 6.30.